The van der Waals surface area contributed by atoms with Crippen LogP contribution in [0.15, 0.2) is 48.7 Å². The van der Waals surface area contributed by atoms with E-state index in [4.69, 9.17) is 9.84 Å². The molecule has 0 bridgehead atoms. The van der Waals surface area contributed by atoms with Crippen LogP contribution in [-0.2, 0) is 13.0 Å². The number of rotatable bonds is 7. The average molecular weight is 365 g/mol. The van der Waals surface area contributed by atoms with E-state index in [1.165, 1.54) is 29.4 Å². The fraction of sp³-hybridized carbons (Fsp3) is 0.409. The number of aliphatic hydroxyl groups is 1. The number of hydrogen-bond acceptors (Lipinski definition) is 4. The standard InChI is InChI=1S/C22H27N3O2/c26-10-11-27-21-3-1-2-19(14-21)16-25-8-6-17(7-9-25)12-18-4-5-22-20(13-18)15-23-24-22/h1-5,13-15,17,26H,6-12,16H2,(H,23,24). The summed E-state index contributed by atoms with van der Waals surface area (Å²) in [6.07, 6.45) is 5.54. The summed E-state index contributed by atoms with van der Waals surface area (Å²) < 4.78 is 5.52. The molecular weight excluding hydrogens is 338 g/mol. The fourth-order valence-corrected chi connectivity index (χ4v) is 3.96. The van der Waals surface area contributed by atoms with Crippen LogP contribution in [0.2, 0.25) is 0 Å². The molecule has 1 fully saturated rings. The lowest BCUT2D eigenvalue weighted by Gasteiger charge is -2.32. The first-order valence-corrected chi connectivity index (χ1v) is 9.77. The maximum absolute atomic E-state index is 8.89. The second-order valence-electron chi connectivity index (χ2n) is 7.43. The van der Waals surface area contributed by atoms with Crippen LogP contribution in [0.5, 0.6) is 5.75 Å². The van der Waals surface area contributed by atoms with Crippen molar-refractivity contribution in [2.24, 2.45) is 5.92 Å². The Morgan fingerprint density at radius 2 is 2.00 bits per heavy atom. The Morgan fingerprint density at radius 3 is 2.85 bits per heavy atom. The van der Waals surface area contributed by atoms with Gasteiger partial charge in [0.05, 0.1) is 18.3 Å². The number of H-pyrrole nitrogens is 1. The number of aromatic amines is 1. The molecule has 2 heterocycles. The number of nitrogens with zero attached hydrogens (tertiary/aromatic N) is 2. The lowest BCUT2D eigenvalue weighted by atomic mass is 9.89. The molecule has 1 aliphatic rings. The number of likely N-dealkylation sites (tertiary alicyclic amines) is 1. The minimum absolute atomic E-state index is 0.0469. The van der Waals surface area contributed by atoms with E-state index in [2.05, 4.69) is 45.4 Å². The third kappa shape index (κ3) is 4.67. The summed E-state index contributed by atoms with van der Waals surface area (Å²) in [7, 11) is 0. The van der Waals surface area contributed by atoms with Gasteiger partial charge in [0.25, 0.3) is 0 Å². The maximum Gasteiger partial charge on any atom is 0.119 e. The van der Waals surface area contributed by atoms with Crippen molar-refractivity contribution in [1.82, 2.24) is 15.1 Å². The van der Waals surface area contributed by atoms with E-state index in [9.17, 15) is 0 Å². The Balaban J connectivity index is 1.28. The van der Waals surface area contributed by atoms with Crippen molar-refractivity contribution in [2.75, 3.05) is 26.3 Å². The third-order valence-electron chi connectivity index (χ3n) is 5.40. The predicted molar refractivity (Wildman–Crippen MR) is 107 cm³/mol. The monoisotopic (exact) mass is 365 g/mol. The highest BCUT2D eigenvalue weighted by Crippen LogP contribution is 2.25. The van der Waals surface area contributed by atoms with Crippen molar-refractivity contribution in [3.8, 4) is 5.75 Å². The van der Waals surface area contributed by atoms with Crippen LogP contribution in [0.3, 0.4) is 0 Å². The smallest absolute Gasteiger partial charge is 0.119 e. The van der Waals surface area contributed by atoms with Crippen molar-refractivity contribution in [3.05, 3.63) is 59.8 Å². The number of benzene rings is 2. The van der Waals surface area contributed by atoms with Gasteiger partial charge in [-0.1, -0.05) is 18.2 Å². The highest BCUT2D eigenvalue weighted by molar-refractivity contribution is 5.78. The second kappa shape index (κ2) is 8.55. The minimum Gasteiger partial charge on any atom is -0.491 e. The van der Waals surface area contributed by atoms with Crippen molar-refractivity contribution >= 4 is 10.9 Å². The lowest BCUT2D eigenvalue weighted by Crippen LogP contribution is -2.33. The van der Waals surface area contributed by atoms with Gasteiger partial charge in [-0.2, -0.15) is 5.10 Å². The average Bonchev–Trinajstić information content (AvgIpc) is 3.16. The van der Waals surface area contributed by atoms with Crippen molar-refractivity contribution in [2.45, 2.75) is 25.8 Å². The molecule has 1 saturated heterocycles. The molecular formula is C22H27N3O2. The Bertz CT molecular complexity index is 869. The van der Waals surface area contributed by atoms with E-state index in [0.717, 1.165) is 43.2 Å². The third-order valence-corrected chi connectivity index (χ3v) is 5.40. The molecule has 0 unspecified atom stereocenters. The van der Waals surface area contributed by atoms with Crippen LogP contribution < -0.4 is 4.74 Å². The topological polar surface area (TPSA) is 61.4 Å². The highest BCUT2D eigenvalue weighted by Gasteiger charge is 2.20. The van der Waals surface area contributed by atoms with Crippen LogP contribution in [0.4, 0.5) is 0 Å². The van der Waals surface area contributed by atoms with E-state index in [0.29, 0.717) is 6.61 Å². The van der Waals surface area contributed by atoms with Gasteiger partial charge >= 0.3 is 0 Å². The Kier molecular flexibility index (Phi) is 5.70. The molecule has 0 aliphatic carbocycles. The first-order valence-electron chi connectivity index (χ1n) is 9.77. The zero-order valence-corrected chi connectivity index (χ0v) is 15.6. The number of piperidine rings is 1. The molecule has 5 heteroatoms. The molecule has 0 saturated carbocycles. The quantitative estimate of drug-likeness (QED) is 0.674. The molecule has 0 spiro atoms. The highest BCUT2D eigenvalue weighted by atomic mass is 16.5. The van der Waals surface area contributed by atoms with E-state index in [-0.39, 0.29) is 6.61 Å². The molecule has 4 rings (SSSR count). The van der Waals surface area contributed by atoms with Gasteiger partial charge in [0.15, 0.2) is 0 Å². The summed E-state index contributed by atoms with van der Waals surface area (Å²) in [5.74, 6) is 1.59. The molecule has 0 radical (unpaired) electrons. The van der Waals surface area contributed by atoms with Crippen molar-refractivity contribution in [1.29, 1.82) is 0 Å². The number of aliphatic hydroxyl groups excluding tert-OH is 1. The van der Waals surface area contributed by atoms with E-state index in [1.807, 2.05) is 18.3 Å². The minimum atomic E-state index is 0.0469. The Hall–Kier alpha value is -2.37. The maximum atomic E-state index is 8.89. The zero-order chi connectivity index (χ0) is 18.5. The number of nitrogens with one attached hydrogen (secondary N) is 1. The zero-order valence-electron chi connectivity index (χ0n) is 15.6. The van der Waals surface area contributed by atoms with Gasteiger partial charge in [-0.05, 0) is 73.7 Å². The number of aromatic nitrogens is 2. The lowest BCUT2D eigenvalue weighted by molar-refractivity contribution is 0.176. The predicted octanol–water partition coefficient (Wildman–Crippen LogP) is 3.39. The van der Waals surface area contributed by atoms with Crippen LogP contribution in [-0.4, -0.2) is 46.5 Å². The molecule has 0 amide bonds. The first-order chi connectivity index (χ1) is 13.3. The first kappa shape index (κ1) is 18.0. The van der Waals surface area contributed by atoms with Gasteiger partial charge < -0.3 is 9.84 Å². The van der Waals surface area contributed by atoms with Gasteiger partial charge in [-0.3, -0.25) is 10.00 Å². The molecule has 0 atom stereocenters. The summed E-state index contributed by atoms with van der Waals surface area (Å²) in [5.41, 5.74) is 3.80. The van der Waals surface area contributed by atoms with Gasteiger partial charge in [-0.15, -0.1) is 0 Å². The molecule has 2 aromatic carbocycles. The second-order valence-corrected chi connectivity index (χ2v) is 7.43. The normalized spacial score (nSPS) is 16.0. The van der Waals surface area contributed by atoms with Crippen LogP contribution in [0.1, 0.15) is 24.0 Å². The molecule has 27 heavy (non-hydrogen) atoms. The molecule has 142 valence electrons. The fourth-order valence-electron chi connectivity index (χ4n) is 3.96. The number of ether oxygens (including phenoxy) is 1. The largest absolute Gasteiger partial charge is 0.491 e. The Morgan fingerprint density at radius 1 is 1.11 bits per heavy atom. The molecule has 2 N–H and O–H groups in total. The van der Waals surface area contributed by atoms with Crippen molar-refractivity contribution in [3.63, 3.8) is 0 Å². The van der Waals surface area contributed by atoms with Gasteiger partial charge in [0.2, 0.25) is 0 Å². The van der Waals surface area contributed by atoms with Gasteiger partial charge in [0.1, 0.15) is 12.4 Å². The molecule has 5 nitrogen and oxygen atoms in total. The van der Waals surface area contributed by atoms with E-state index in [1.54, 1.807) is 0 Å². The number of hydrogen-bond donors (Lipinski definition) is 2. The van der Waals surface area contributed by atoms with Gasteiger partial charge in [0, 0.05) is 11.9 Å². The van der Waals surface area contributed by atoms with Crippen LogP contribution in [0.25, 0.3) is 10.9 Å². The van der Waals surface area contributed by atoms with Gasteiger partial charge in [-0.25, -0.2) is 0 Å². The van der Waals surface area contributed by atoms with E-state index < -0.39 is 0 Å². The molecule has 1 aromatic heterocycles. The van der Waals surface area contributed by atoms with Crippen molar-refractivity contribution < 1.29 is 9.84 Å². The summed E-state index contributed by atoms with van der Waals surface area (Å²) in [5, 5.41) is 17.2. The Labute approximate surface area is 160 Å². The van der Waals surface area contributed by atoms with Crippen LogP contribution in [0, 0.1) is 5.92 Å². The number of fused-ring (bicyclic) bond motifs is 1. The summed E-state index contributed by atoms with van der Waals surface area (Å²) in [4.78, 5) is 2.53. The summed E-state index contributed by atoms with van der Waals surface area (Å²) >= 11 is 0. The SMILES string of the molecule is OCCOc1cccc(CN2CCC(Cc3ccc4[nH]ncc4c3)CC2)c1. The summed E-state index contributed by atoms with van der Waals surface area (Å²) in [6.45, 7) is 3.63. The van der Waals surface area contributed by atoms with Crippen LogP contribution >= 0.6 is 0 Å². The molecule has 1 aliphatic heterocycles. The molecule has 3 aromatic rings. The summed E-state index contributed by atoms with van der Waals surface area (Å²) in [6, 6.07) is 14.8. The van der Waals surface area contributed by atoms with E-state index >= 15 is 0 Å².